The van der Waals surface area contributed by atoms with Crippen LogP contribution < -0.4 is 30.7 Å². The Morgan fingerprint density at radius 3 is 2.32 bits per heavy atom. The second kappa shape index (κ2) is 12.6. The number of amides is 1. The second-order valence-corrected chi connectivity index (χ2v) is 10.0. The van der Waals surface area contributed by atoms with Gasteiger partial charge < -0.3 is 30.7 Å². The number of nitrogens with zero attached hydrogens (tertiary/aromatic N) is 3. The molecule has 0 atom stereocenters. The van der Waals surface area contributed by atoms with E-state index in [1.807, 2.05) is 24.3 Å². The normalized spacial score (nSPS) is 17.8. The lowest BCUT2D eigenvalue weighted by Crippen LogP contribution is -2.25. The van der Waals surface area contributed by atoms with Crippen molar-refractivity contribution < 1.29 is 27.4 Å². The van der Waals surface area contributed by atoms with Crippen LogP contribution in [0.3, 0.4) is 0 Å². The van der Waals surface area contributed by atoms with Gasteiger partial charge in [-0.3, -0.25) is 4.79 Å². The number of halogens is 3. The van der Waals surface area contributed by atoms with Crippen LogP contribution in [0.2, 0.25) is 0 Å². The van der Waals surface area contributed by atoms with Gasteiger partial charge in [0.25, 0.3) is 5.91 Å². The summed E-state index contributed by atoms with van der Waals surface area (Å²) in [4.78, 5) is 25.0. The third-order valence-corrected chi connectivity index (χ3v) is 6.72. The third-order valence-electron chi connectivity index (χ3n) is 6.72. The highest BCUT2D eigenvalue weighted by Gasteiger charge is 2.45. The molecule has 218 valence electrons. The van der Waals surface area contributed by atoms with Crippen LogP contribution in [0.25, 0.3) is 0 Å². The van der Waals surface area contributed by atoms with Crippen molar-refractivity contribution in [3.63, 3.8) is 0 Å². The molecule has 4 heterocycles. The lowest BCUT2D eigenvalue weighted by molar-refractivity contribution is -0.154. The fourth-order valence-corrected chi connectivity index (χ4v) is 4.40. The van der Waals surface area contributed by atoms with Crippen molar-refractivity contribution in [2.24, 2.45) is 0 Å². The summed E-state index contributed by atoms with van der Waals surface area (Å²) in [6, 6.07) is 13.9. The predicted molar refractivity (Wildman–Crippen MR) is 147 cm³/mol. The summed E-state index contributed by atoms with van der Waals surface area (Å²) >= 11 is 0. The summed E-state index contributed by atoms with van der Waals surface area (Å²) in [5.74, 6) is 0.636. The van der Waals surface area contributed by atoms with E-state index in [-0.39, 0.29) is 17.8 Å². The molecule has 1 saturated carbocycles. The molecule has 13 heteroatoms. The third kappa shape index (κ3) is 8.19. The Morgan fingerprint density at radius 2 is 1.59 bits per heavy atom. The fourth-order valence-electron chi connectivity index (χ4n) is 4.40. The highest BCUT2D eigenvalue weighted by Crippen LogP contribution is 2.48. The number of fused-ring (bicyclic) bond motifs is 2. The van der Waals surface area contributed by atoms with Crippen molar-refractivity contribution >= 4 is 23.5 Å². The molecule has 3 aliphatic heterocycles. The number of carbonyl (C=O) groups excluding carboxylic acids is 1. The first kappa shape index (κ1) is 28.4. The maximum absolute atomic E-state index is 12.9. The monoisotopic (exact) mass is 571 g/mol. The molecule has 3 aromatic rings. The molecule has 0 radical (unpaired) electrons. The average Bonchev–Trinajstić information content (AvgIpc) is 3.73. The summed E-state index contributed by atoms with van der Waals surface area (Å²) < 4.78 is 49.3. The van der Waals surface area contributed by atoms with Crippen LogP contribution in [0.15, 0.2) is 48.5 Å². The minimum Gasteiger partial charge on any atom is -0.494 e. The molecule has 6 bridgehead atoms. The lowest BCUT2D eigenvalue weighted by atomic mass is 10.1. The number of anilines is 3. The van der Waals surface area contributed by atoms with Crippen LogP contribution in [0.1, 0.15) is 48.0 Å². The van der Waals surface area contributed by atoms with E-state index in [2.05, 4.69) is 36.2 Å². The van der Waals surface area contributed by atoms with Crippen LogP contribution in [0, 0.1) is 0 Å². The Labute approximate surface area is 235 Å². The first-order valence-corrected chi connectivity index (χ1v) is 13.6. The van der Waals surface area contributed by atoms with E-state index >= 15 is 0 Å². The van der Waals surface area contributed by atoms with Gasteiger partial charge in [0, 0.05) is 17.8 Å². The van der Waals surface area contributed by atoms with Gasteiger partial charge in [-0.1, -0.05) is 12.1 Å². The van der Waals surface area contributed by atoms with Gasteiger partial charge in [-0.25, -0.2) is 0 Å². The van der Waals surface area contributed by atoms with Gasteiger partial charge in [-0.05, 0) is 87.2 Å². The van der Waals surface area contributed by atoms with E-state index in [0.717, 1.165) is 56.5 Å². The van der Waals surface area contributed by atoms with Crippen LogP contribution in [-0.4, -0.2) is 59.9 Å². The Kier molecular flexibility index (Phi) is 8.72. The molecular formula is C28H32F3N7O3. The number of ether oxygens (including phenoxy) is 2. The maximum atomic E-state index is 12.9. The molecule has 4 aliphatic rings. The van der Waals surface area contributed by atoms with Crippen molar-refractivity contribution in [3.05, 3.63) is 59.7 Å². The van der Waals surface area contributed by atoms with Gasteiger partial charge in [0.2, 0.25) is 11.9 Å². The number of benzene rings is 2. The van der Waals surface area contributed by atoms with Crippen molar-refractivity contribution in [2.75, 3.05) is 43.5 Å². The van der Waals surface area contributed by atoms with Gasteiger partial charge in [0.15, 0.2) is 6.61 Å². The molecule has 7 rings (SSSR count). The molecular weight excluding hydrogens is 539 g/mol. The van der Waals surface area contributed by atoms with Gasteiger partial charge in [-0.2, -0.15) is 28.1 Å². The van der Waals surface area contributed by atoms with Crippen LogP contribution in [0.4, 0.5) is 30.8 Å². The quantitative estimate of drug-likeness (QED) is 0.351. The highest BCUT2D eigenvalue weighted by atomic mass is 19.4. The highest BCUT2D eigenvalue weighted by molar-refractivity contribution is 5.94. The number of hydrogen-bond donors (Lipinski definition) is 4. The Morgan fingerprint density at radius 1 is 0.878 bits per heavy atom. The first-order valence-electron chi connectivity index (χ1n) is 13.6. The summed E-state index contributed by atoms with van der Waals surface area (Å²) in [6.45, 7) is 1.29. The topological polar surface area (TPSA) is 122 Å². The molecule has 1 amide bonds. The van der Waals surface area contributed by atoms with Crippen molar-refractivity contribution in [2.45, 2.75) is 43.8 Å². The van der Waals surface area contributed by atoms with Crippen LogP contribution in [-0.2, 0) is 5.54 Å². The summed E-state index contributed by atoms with van der Waals surface area (Å²) in [7, 11) is 0. The molecule has 0 unspecified atom stereocenters. The van der Waals surface area contributed by atoms with E-state index in [0.29, 0.717) is 24.4 Å². The van der Waals surface area contributed by atoms with Crippen LogP contribution >= 0.6 is 0 Å². The zero-order valence-electron chi connectivity index (χ0n) is 22.4. The summed E-state index contributed by atoms with van der Waals surface area (Å²) in [5, 5.41) is 12.5. The van der Waals surface area contributed by atoms with E-state index in [1.165, 1.54) is 0 Å². The van der Waals surface area contributed by atoms with E-state index < -0.39 is 24.3 Å². The summed E-state index contributed by atoms with van der Waals surface area (Å²) in [5.41, 5.74) is 1.53. The largest absolute Gasteiger partial charge is 0.494 e. The maximum Gasteiger partial charge on any atom is 0.422 e. The minimum absolute atomic E-state index is 0.00412. The van der Waals surface area contributed by atoms with E-state index in [4.69, 9.17) is 9.47 Å². The number of hydrogen-bond acceptors (Lipinski definition) is 9. The van der Waals surface area contributed by atoms with E-state index in [9.17, 15) is 18.0 Å². The Bertz CT molecular complexity index is 1320. The van der Waals surface area contributed by atoms with Crippen LogP contribution in [0.5, 0.6) is 11.8 Å². The fraction of sp³-hybridized carbons (Fsp3) is 0.429. The lowest BCUT2D eigenvalue weighted by Gasteiger charge is -2.19. The average molecular weight is 572 g/mol. The summed E-state index contributed by atoms with van der Waals surface area (Å²) in [6.07, 6.45) is -0.347. The Hall–Kier alpha value is -4.13. The molecule has 1 spiro atoms. The molecule has 10 nitrogen and oxygen atoms in total. The van der Waals surface area contributed by atoms with E-state index in [1.54, 1.807) is 24.3 Å². The van der Waals surface area contributed by atoms with Gasteiger partial charge in [0.1, 0.15) is 5.75 Å². The minimum atomic E-state index is -4.56. The number of alkyl halides is 3. The van der Waals surface area contributed by atoms with Crippen molar-refractivity contribution in [1.82, 2.24) is 25.6 Å². The smallest absolute Gasteiger partial charge is 0.422 e. The van der Waals surface area contributed by atoms with Crippen molar-refractivity contribution in [1.29, 1.82) is 0 Å². The first-order chi connectivity index (χ1) is 19.8. The molecule has 2 aromatic carbocycles. The molecule has 1 aromatic heterocycles. The molecule has 1 aliphatic carbocycles. The molecule has 1 fully saturated rings. The van der Waals surface area contributed by atoms with Gasteiger partial charge >= 0.3 is 12.2 Å². The van der Waals surface area contributed by atoms with Gasteiger partial charge in [-0.15, -0.1) is 0 Å². The number of rotatable bonds is 2. The predicted octanol–water partition coefficient (Wildman–Crippen LogP) is 4.54. The molecule has 41 heavy (non-hydrogen) atoms. The zero-order valence-corrected chi connectivity index (χ0v) is 22.4. The standard InChI is InChI=1S/C28H32F3N7O3/c29-28(30,31)18-41-26-36-24-34-21-8-4-19(5-9-21)23(39)33-16-2-1-14-32-15-3-17-40-22-10-6-20(7-11-22)27(12-13-27)38-25(35-24)37-26/h4-11,32H,1-3,12-18H2,(H,33,39)(H2,34,35,36,37,38). The molecule has 0 saturated heterocycles. The number of aromatic nitrogens is 3. The zero-order chi connectivity index (χ0) is 28.7. The number of nitrogens with one attached hydrogen (secondary N) is 4. The van der Waals surface area contributed by atoms with Gasteiger partial charge in [0.05, 0.1) is 12.1 Å². The molecule has 4 N–H and O–H groups in total. The number of carbonyl (C=O) groups is 1. The van der Waals surface area contributed by atoms with Crippen molar-refractivity contribution in [3.8, 4) is 11.8 Å². The SMILES string of the molecule is O=C1NCCCCNCCCOc2ccc(cc2)C2(CC2)Nc2nc(nc(OCC(F)(F)F)n2)Nc2ccc1cc2. The Balaban J connectivity index is 1.39. The second-order valence-electron chi connectivity index (χ2n) is 10.0.